The van der Waals surface area contributed by atoms with Crippen LogP contribution in [0.3, 0.4) is 0 Å². The van der Waals surface area contributed by atoms with Crippen LogP contribution in [0.2, 0.25) is 15.1 Å². The Hall–Kier alpha value is -2.02. The molecule has 3 rings (SSSR count). The van der Waals surface area contributed by atoms with Gasteiger partial charge in [-0.3, -0.25) is 0 Å². The summed E-state index contributed by atoms with van der Waals surface area (Å²) in [5.74, 6) is 1.24. The van der Waals surface area contributed by atoms with Gasteiger partial charge >= 0.3 is 0 Å². The maximum absolute atomic E-state index is 6.18. The maximum atomic E-state index is 6.18. The fourth-order valence-corrected chi connectivity index (χ4v) is 2.83. The molecule has 0 atom stereocenters. The summed E-state index contributed by atoms with van der Waals surface area (Å²) in [6.45, 7) is 0.772. The molecule has 6 nitrogen and oxygen atoms in total. The molecule has 0 aliphatic rings. The molecule has 3 aromatic rings. The van der Waals surface area contributed by atoms with Crippen LogP contribution >= 0.6 is 34.8 Å². The fraction of sp³-hybridized carbons (Fsp3) is 0.188. The van der Waals surface area contributed by atoms with Crippen molar-refractivity contribution < 1.29 is 4.74 Å². The summed E-state index contributed by atoms with van der Waals surface area (Å²) >= 11 is 18.2. The van der Waals surface area contributed by atoms with Crippen molar-refractivity contribution in [3.05, 3.63) is 62.6 Å². The molecular formula is C16H14Cl3N5O. The molecule has 1 N–H and O–H groups in total. The summed E-state index contributed by atoms with van der Waals surface area (Å²) < 4.78 is 7.45. The lowest BCUT2D eigenvalue weighted by molar-refractivity contribution is 0.303. The Labute approximate surface area is 159 Å². The van der Waals surface area contributed by atoms with E-state index in [2.05, 4.69) is 20.8 Å². The van der Waals surface area contributed by atoms with Crippen molar-refractivity contribution in [1.29, 1.82) is 0 Å². The Morgan fingerprint density at radius 1 is 1.04 bits per heavy atom. The lowest BCUT2D eigenvalue weighted by Crippen LogP contribution is -2.07. The largest absolute Gasteiger partial charge is 0.488 e. The monoisotopic (exact) mass is 397 g/mol. The number of halogens is 3. The van der Waals surface area contributed by atoms with Crippen LogP contribution in [-0.2, 0) is 20.2 Å². The predicted octanol–water partition coefficient (Wildman–Crippen LogP) is 4.36. The molecule has 0 unspecified atom stereocenters. The molecule has 0 saturated carbocycles. The second kappa shape index (κ2) is 7.91. The number of nitrogens with zero attached hydrogens (tertiary/aromatic N) is 4. The standard InChI is InChI=1S/C16H14Cl3N5O/c1-24-16(21-22-23-24)20-8-11-6-12(17)4-5-15(11)25-9-10-2-3-13(18)7-14(10)19/h2-7H,8-9H2,1H3,(H,20,21,23). The maximum Gasteiger partial charge on any atom is 0.242 e. The average Bonchev–Trinajstić information content (AvgIpc) is 2.98. The molecule has 0 aliphatic carbocycles. The third kappa shape index (κ3) is 4.54. The number of aryl methyl sites for hydroxylation is 1. The number of benzene rings is 2. The van der Waals surface area contributed by atoms with E-state index < -0.39 is 0 Å². The lowest BCUT2D eigenvalue weighted by atomic mass is 10.2. The summed E-state index contributed by atoms with van der Waals surface area (Å²) in [6, 6.07) is 10.7. The van der Waals surface area contributed by atoms with Gasteiger partial charge in [0.25, 0.3) is 0 Å². The minimum Gasteiger partial charge on any atom is -0.488 e. The van der Waals surface area contributed by atoms with Gasteiger partial charge in [-0.05, 0) is 40.8 Å². The van der Waals surface area contributed by atoms with Crippen LogP contribution in [0.15, 0.2) is 36.4 Å². The van der Waals surface area contributed by atoms with Crippen LogP contribution in [0.25, 0.3) is 0 Å². The van der Waals surface area contributed by atoms with E-state index in [4.69, 9.17) is 39.5 Å². The van der Waals surface area contributed by atoms with Crippen LogP contribution in [0.1, 0.15) is 11.1 Å². The van der Waals surface area contributed by atoms with Crippen LogP contribution in [0, 0.1) is 0 Å². The van der Waals surface area contributed by atoms with Crippen molar-refractivity contribution in [3.63, 3.8) is 0 Å². The van der Waals surface area contributed by atoms with E-state index in [0.29, 0.717) is 39.9 Å². The summed E-state index contributed by atoms with van der Waals surface area (Å²) in [4.78, 5) is 0. The third-order valence-corrected chi connectivity index (χ3v) is 4.30. The molecule has 130 valence electrons. The minimum absolute atomic E-state index is 0.316. The third-order valence-electron chi connectivity index (χ3n) is 3.48. The number of hydrogen-bond donors (Lipinski definition) is 1. The number of nitrogens with one attached hydrogen (secondary N) is 1. The zero-order chi connectivity index (χ0) is 17.8. The molecule has 25 heavy (non-hydrogen) atoms. The van der Waals surface area contributed by atoms with Gasteiger partial charge in [0.2, 0.25) is 5.95 Å². The van der Waals surface area contributed by atoms with E-state index in [9.17, 15) is 0 Å². The highest BCUT2D eigenvalue weighted by atomic mass is 35.5. The Morgan fingerprint density at radius 2 is 1.80 bits per heavy atom. The van der Waals surface area contributed by atoms with Gasteiger partial charge in [-0.1, -0.05) is 46.0 Å². The van der Waals surface area contributed by atoms with Gasteiger partial charge in [-0.15, -0.1) is 0 Å². The quantitative estimate of drug-likeness (QED) is 0.668. The highest BCUT2D eigenvalue weighted by molar-refractivity contribution is 6.35. The second-order valence-electron chi connectivity index (χ2n) is 5.26. The fourth-order valence-electron chi connectivity index (χ4n) is 2.17. The number of hydrogen-bond acceptors (Lipinski definition) is 5. The van der Waals surface area contributed by atoms with E-state index in [-0.39, 0.29) is 0 Å². The van der Waals surface area contributed by atoms with Crippen molar-refractivity contribution in [1.82, 2.24) is 20.2 Å². The van der Waals surface area contributed by atoms with Gasteiger partial charge in [-0.2, -0.15) is 0 Å². The number of anilines is 1. The number of ether oxygens (including phenoxy) is 1. The van der Waals surface area contributed by atoms with Crippen molar-refractivity contribution in [3.8, 4) is 5.75 Å². The van der Waals surface area contributed by atoms with Gasteiger partial charge in [0, 0.05) is 39.8 Å². The zero-order valence-electron chi connectivity index (χ0n) is 13.2. The molecule has 1 heterocycles. The lowest BCUT2D eigenvalue weighted by Gasteiger charge is -2.13. The first-order valence-corrected chi connectivity index (χ1v) is 8.47. The van der Waals surface area contributed by atoms with Crippen molar-refractivity contribution in [2.45, 2.75) is 13.2 Å². The van der Waals surface area contributed by atoms with Crippen LogP contribution in [0.4, 0.5) is 5.95 Å². The Kier molecular flexibility index (Phi) is 5.63. The molecule has 9 heteroatoms. The number of tetrazole rings is 1. The molecule has 0 spiro atoms. The predicted molar refractivity (Wildman–Crippen MR) is 98.4 cm³/mol. The van der Waals surface area contributed by atoms with Gasteiger partial charge < -0.3 is 10.1 Å². The van der Waals surface area contributed by atoms with E-state index in [0.717, 1.165) is 11.1 Å². The first-order chi connectivity index (χ1) is 12.0. The molecule has 0 saturated heterocycles. The molecule has 1 aromatic heterocycles. The average molecular weight is 399 g/mol. The van der Waals surface area contributed by atoms with E-state index in [1.807, 2.05) is 18.2 Å². The molecule has 0 radical (unpaired) electrons. The van der Waals surface area contributed by atoms with Crippen LogP contribution < -0.4 is 10.1 Å². The summed E-state index contributed by atoms with van der Waals surface area (Å²) in [5, 5.41) is 16.1. The van der Waals surface area contributed by atoms with E-state index in [1.54, 1.807) is 29.9 Å². The van der Waals surface area contributed by atoms with Gasteiger partial charge in [0.05, 0.1) is 0 Å². The first kappa shape index (κ1) is 17.8. The topological polar surface area (TPSA) is 64.9 Å². The highest BCUT2D eigenvalue weighted by Crippen LogP contribution is 2.27. The summed E-state index contributed by atoms with van der Waals surface area (Å²) in [7, 11) is 1.75. The van der Waals surface area contributed by atoms with E-state index >= 15 is 0 Å². The molecule has 0 bridgehead atoms. The first-order valence-electron chi connectivity index (χ1n) is 7.34. The number of rotatable bonds is 6. The Bertz CT molecular complexity index is 884. The normalized spacial score (nSPS) is 10.7. The Morgan fingerprint density at radius 3 is 2.52 bits per heavy atom. The van der Waals surface area contributed by atoms with Crippen molar-refractivity contribution >= 4 is 40.8 Å². The van der Waals surface area contributed by atoms with E-state index in [1.165, 1.54) is 0 Å². The summed E-state index contributed by atoms with van der Waals surface area (Å²) in [6.07, 6.45) is 0. The molecule has 0 amide bonds. The van der Waals surface area contributed by atoms with Crippen LogP contribution in [0.5, 0.6) is 5.75 Å². The van der Waals surface area contributed by atoms with Gasteiger partial charge in [-0.25, -0.2) is 4.68 Å². The van der Waals surface area contributed by atoms with Crippen molar-refractivity contribution in [2.24, 2.45) is 7.05 Å². The molecule has 0 aliphatic heterocycles. The molecule has 2 aromatic carbocycles. The zero-order valence-corrected chi connectivity index (χ0v) is 15.5. The second-order valence-corrected chi connectivity index (χ2v) is 6.54. The smallest absolute Gasteiger partial charge is 0.242 e. The van der Waals surface area contributed by atoms with Gasteiger partial charge in [0.1, 0.15) is 12.4 Å². The molecular weight excluding hydrogens is 385 g/mol. The Balaban J connectivity index is 1.73. The minimum atomic E-state index is 0.316. The molecule has 0 fully saturated rings. The van der Waals surface area contributed by atoms with Crippen LogP contribution in [-0.4, -0.2) is 20.2 Å². The van der Waals surface area contributed by atoms with Gasteiger partial charge in [0.15, 0.2) is 0 Å². The van der Waals surface area contributed by atoms with Crippen molar-refractivity contribution in [2.75, 3.05) is 5.32 Å². The summed E-state index contributed by atoms with van der Waals surface area (Å²) in [5.41, 5.74) is 1.72. The number of aromatic nitrogens is 4. The highest BCUT2D eigenvalue weighted by Gasteiger charge is 2.09. The SMILES string of the molecule is Cn1nnnc1NCc1cc(Cl)ccc1OCc1ccc(Cl)cc1Cl.